The zero-order valence-corrected chi connectivity index (χ0v) is 13.8. The largest absolute Gasteiger partial charge is 0.497 e. The van der Waals surface area contributed by atoms with E-state index in [0.717, 1.165) is 15.8 Å². The molecule has 0 aromatic heterocycles. The maximum absolute atomic E-state index is 13.8. The van der Waals surface area contributed by atoms with Gasteiger partial charge in [-0.2, -0.15) is 0 Å². The molecule has 0 spiro atoms. The Kier molecular flexibility index (Phi) is 5.01. The van der Waals surface area contributed by atoms with Gasteiger partial charge >= 0.3 is 0 Å². The molecule has 0 saturated heterocycles. The monoisotopic (exact) mass is 351 g/mol. The van der Waals surface area contributed by atoms with E-state index in [9.17, 15) is 4.39 Å². The molecule has 0 amide bonds. The molecule has 0 aliphatic heterocycles. The molecule has 0 aliphatic rings. The minimum Gasteiger partial charge on any atom is -0.497 e. The molecule has 0 bridgehead atoms. The van der Waals surface area contributed by atoms with E-state index in [4.69, 9.17) is 10.5 Å². The lowest BCUT2D eigenvalue weighted by atomic mass is 9.87. The van der Waals surface area contributed by atoms with Gasteiger partial charge in [-0.3, -0.25) is 0 Å². The van der Waals surface area contributed by atoms with E-state index >= 15 is 0 Å². The van der Waals surface area contributed by atoms with Crippen molar-refractivity contribution in [1.82, 2.24) is 0 Å². The third kappa shape index (κ3) is 4.29. The Morgan fingerprint density at radius 1 is 1.14 bits per heavy atom. The average molecular weight is 352 g/mol. The van der Waals surface area contributed by atoms with Crippen molar-refractivity contribution in [3.63, 3.8) is 0 Å². The summed E-state index contributed by atoms with van der Waals surface area (Å²) in [5.74, 6) is 0.578. The summed E-state index contributed by atoms with van der Waals surface area (Å²) in [7, 11) is 1.63. The number of halogens is 2. The number of ether oxygens (including phenoxy) is 1. The SMILES string of the molecule is COc1ccc(Br)c(CC(C)(N)Cc2ccccc2F)c1. The molecular weight excluding hydrogens is 333 g/mol. The molecule has 0 heterocycles. The van der Waals surface area contributed by atoms with Crippen LogP contribution < -0.4 is 10.5 Å². The quantitative estimate of drug-likeness (QED) is 0.879. The van der Waals surface area contributed by atoms with E-state index in [0.29, 0.717) is 18.4 Å². The summed E-state index contributed by atoms with van der Waals surface area (Å²) in [4.78, 5) is 0. The van der Waals surface area contributed by atoms with Crippen molar-refractivity contribution in [1.29, 1.82) is 0 Å². The second kappa shape index (κ2) is 6.58. The van der Waals surface area contributed by atoms with E-state index in [1.54, 1.807) is 19.2 Å². The van der Waals surface area contributed by atoms with Gasteiger partial charge in [0, 0.05) is 10.0 Å². The lowest BCUT2D eigenvalue weighted by Gasteiger charge is -2.26. The summed E-state index contributed by atoms with van der Waals surface area (Å²) in [6, 6.07) is 12.5. The zero-order chi connectivity index (χ0) is 15.5. The van der Waals surface area contributed by atoms with Crippen LogP contribution in [0.3, 0.4) is 0 Å². The smallest absolute Gasteiger partial charge is 0.126 e. The Bertz CT molecular complexity index is 628. The molecule has 21 heavy (non-hydrogen) atoms. The highest BCUT2D eigenvalue weighted by atomic mass is 79.9. The van der Waals surface area contributed by atoms with Crippen LogP contribution >= 0.6 is 15.9 Å². The van der Waals surface area contributed by atoms with E-state index < -0.39 is 5.54 Å². The fourth-order valence-electron chi connectivity index (χ4n) is 2.39. The summed E-state index contributed by atoms with van der Waals surface area (Å²) in [6.45, 7) is 1.94. The third-order valence-corrected chi connectivity index (χ3v) is 4.17. The Morgan fingerprint density at radius 2 is 1.81 bits per heavy atom. The Hall–Kier alpha value is -1.39. The van der Waals surface area contributed by atoms with Crippen molar-refractivity contribution < 1.29 is 9.13 Å². The summed E-state index contributed by atoms with van der Waals surface area (Å²) in [5.41, 5.74) is 7.53. The van der Waals surface area contributed by atoms with Gasteiger partial charge in [0.05, 0.1) is 7.11 Å². The molecule has 0 radical (unpaired) electrons. The van der Waals surface area contributed by atoms with Crippen LogP contribution in [0, 0.1) is 5.82 Å². The number of hydrogen-bond acceptors (Lipinski definition) is 2. The van der Waals surface area contributed by atoms with Crippen LogP contribution in [-0.2, 0) is 12.8 Å². The average Bonchev–Trinajstić information content (AvgIpc) is 2.43. The standard InChI is InChI=1S/C17H19BrFNO/c1-17(20,10-12-5-3-4-6-16(12)19)11-13-9-14(21-2)7-8-15(13)18/h3-9H,10-11,20H2,1-2H3. The molecular formula is C17H19BrFNO. The summed E-state index contributed by atoms with van der Waals surface area (Å²) in [6.07, 6.45) is 1.10. The number of nitrogens with two attached hydrogens (primary N) is 1. The van der Waals surface area contributed by atoms with Crippen molar-refractivity contribution in [2.24, 2.45) is 5.73 Å². The van der Waals surface area contributed by atoms with E-state index in [-0.39, 0.29) is 5.82 Å². The van der Waals surface area contributed by atoms with Crippen LogP contribution in [0.25, 0.3) is 0 Å². The predicted molar refractivity (Wildman–Crippen MR) is 87.1 cm³/mol. The van der Waals surface area contributed by atoms with Crippen molar-refractivity contribution in [2.75, 3.05) is 7.11 Å². The summed E-state index contributed by atoms with van der Waals surface area (Å²) >= 11 is 3.53. The van der Waals surface area contributed by atoms with Gasteiger partial charge < -0.3 is 10.5 Å². The van der Waals surface area contributed by atoms with Crippen LogP contribution in [-0.4, -0.2) is 12.6 Å². The number of rotatable bonds is 5. The summed E-state index contributed by atoms with van der Waals surface area (Å²) < 4.78 is 20.0. The fourth-order valence-corrected chi connectivity index (χ4v) is 2.77. The number of methoxy groups -OCH3 is 1. The first-order valence-corrected chi connectivity index (χ1v) is 7.55. The first kappa shape index (κ1) is 16.0. The first-order chi connectivity index (χ1) is 9.91. The first-order valence-electron chi connectivity index (χ1n) is 6.76. The second-order valence-corrected chi connectivity index (χ2v) is 6.41. The molecule has 4 heteroatoms. The van der Waals surface area contributed by atoms with Crippen LogP contribution in [0.4, 0.5) is 4.39 Å². The minimum atomic E-state index is -0.545. The van der Waals surface area contributed by atoms with Gasteiger partial charge in [0.15, 0.2) is 0 Å². The molecule has 0 fully saturated rings. The number of hydrogen-bond donors (Lipinski definition) is 1. The van der Waals surface area contributed by atoms with Gasteiger partial charge in [-0.15, -0.1) is 0 Å². The van der Waals surface area contributed by atoms with Gasteiger partial charge in [0.25, 0.3) is 0 Å². The number of benzene rings is 2. The molecule has 0 saturated carbocycles. The second-order valence-electron chi connectivity index (χ2n) is 5.56. The molecule has 1 unspecified atom stereocenters. The highest BCUT2D eigenvalue weighted by molar-refractivity contribution is 9.10. The topological polar surface area (TPSA) is 35.2 Å². The van der Waals surface area contributed by atoms with Gasteiger partial charge in [0.2, 0.25) is 0 Å². The highest BCUT2D eigenvalue weighted by Gasteiger charge is 2.22. The van der Waals surface area contributed by atoms with Gasteiger partial charge in [0.1, 0.15) is 11.6 Å². The molecule has 2 N–H and O–H groups in total. The van der Waals surface area contributed by atoms with Crippen molar-refractivity contribution in [3.05, 3.63) is 63.9 Å². The normalized spacial score (nSPS) is 13.8. The molecule has 2 aromatic carbocycles. The maximum Gasteiger partial charge on any atom is 0.126 e. The van der Waals surface area contributed by atoms with Crippen molar-refractivity contribution in [2.45, 2.75) is 25.3 Å². The van der Waals surface area contributed by atoms with Gasteiger partial charge in [-0.1, -0.05) is 34.1 Å². The lowest BCUT2D eigenvalue weighted by molar-refractivity contribution is 0.411. The molecule has 0 aliphatic carbocycles. The highest BCUT2D eigenvalue weighted by Crippen LogP contribution is 2.27. The predicted octanol–water partition coefficient (Wildman–Crippen LogP) is 4.10. The third-order valence-electron chi connectivity index (χ3n) is 3.40. The molecule has 2 nitrogen and oxygen atoms in total. The van der Waals surface area contributed by atoms with Crippen molar-refractivity contribution in [3.8, 4) is 5.75 Å². The van der Waals surface area contributed by atoms with Crippen LogP contribution in [0.1, 0.15) is 18.1 Å². The molecule has 1 atom stereocenters. The van der Waals surface area contributed by atoms with Crippen LogP contribution in [0.2, 0.25) is 0 Å². The van der Waals surface area contributed by atoms with Crippen LogP contribution in [0.5, 0.6) is 5.75 Å². The molecule has 112 valence electrons. The Morgan fingerprint density at radius 3 is 2.48 bits per heavy atom. The Balaban J connectivity index is 2.19. The van der Waals surface area contributed by atoms with E-state index in [1.807, 2.05) is 31.2 Å². The molecule has 2 rings (SSSR count). The molecule has 2 aromatic rings. The Labute approximate surface area is 133 Å². The van der Waals surface area contributed by atoms with Crippen molar-refractivity contribution >= 4 is 15.9 Å². The minimum absolute atomic E-state index is 0.209. The van der Waals surface area contributed by atoms with E-state index in [2.05, 4.69) is 15.9 Å². The lowest BCUT2D eigenvalue weighted by Crippen LogP contribution is -2.41. The van der Waals surface area contributed by atoms with Crippen LogP contribution in [0.15, 0.2) is 46.9 Å². The van der Waals surface area contributed by atoms with Gasteiger partial charge in [-0.05, 0) is 55.2 Å². The fraction of sp³-hybridized carbons (Fsp3) is 0.294. The summed E-state index contributed by atoms with van der Waals surface area (Å²) in [5, 5.41) is 0. The van der Waals surface area contributed by atoms with Gasteiger partial charge in [-0.25, -0.2) is 4.39 Å². The van der Waals surface area contributed by atoms with E-state index in [1.165, 1.54) is 6.07 Å². The zero-order valence-electron chi connectivity index (χ0n) is 12.2. The maximum atomic E-state index is 13.8.